The predicted molar refractivity (Wildman–Crippen MR) is 133 cm³/mol. The number of thiophene rings is 1. The lowest BCUT2D eigenvalue weighted by Gasteiger charge is -2.14. The van der Waals surface area contributed by atoms with Crippen molar-refractivity contribution in [3.05, 3.63) is 80.0 Å². The first-order valence-corrected chi connectivity index (χ1v) is 12.1. The Morgan fingerprint density at radius 3 is 2.58 bits per heavy atom. The summed E-state index contributed by atoms with van der Waals surface area (Å²) in [6, 6.07) is 11.3. The van der Waals surface area contributed by atoms with E-state index in [1.54, 1.807) is 20.2 Å². The average Bonchev–Trinajstić information content (AvgIpc) is 3.41. The minimum atomic E-state index is -1.02. The number of amides is 1. The van der Waals surface area contributed by atoms with Gasteiger partial charge >= 0.3 is 5.97 Å². The fourth-order valence-corrected chi connectivity index (χ4v) is 4.41. The van der Waals surface area contributed by atoms with Gasteiger partial charge in [0.1, 0.15) is 5.82 Å². The molecule has 0 spiro atoms. The Hall–Kier alpha value is -2.90. The number of benzene rings is 1. The van der Waals surface area contributed by atoms with E-state index in [9.17, 15) is 14.7 Å². The first kappa shape index (κ1) is 24.7. The molecule has 0 aliphatic carbocycles. The molecule has 8 heteroatoms. The lowest BCUT2D eigenvalue weighted by atomic mass is 10.1. The summed E-state index contributed by atoms with van der Waals surface area (Å²) < 4.78 is 1.94. The molecule has 0 radical (unpaired) electrons. The first-order valence-electron chi connectivity index (χ1n) is 10.8. The summed E-state index contributed by atoms with van der Waals surface area (Å²) in [6.45, 7) is 2.49. The van der Waals surface area contributed by atoms with Crippen LogP contribution < -0.4 is 0 Å². The molecule has 0 saturated heterocycles. The molecule has 174 valence electrons. The number of carbonyl (C=O) groups is 2. The maximum atomic E-state index is 13.0. The van der Waals surface area contributed by atoms with Crippen LogP contribution in [0.2, 0.25) is 5.02 Å². The molecular weight excluding hydrogens is 458 g/mol. The summed E-state index contributed by atoms with van der Waals surface area (Å²) >= 11 is 7.94. The molecule has 6 nitrogen and oxygen atoms in total. The van der Waals surface area contributed by atoms with E-state index in [2.05, 4.69) is 6.92 Å². The van der Waals surface area contributed by atoms with Crippen molar-refractivity contribution in [2.45, 2.75) is 39.2 Å². The smallest absolute Gasteiger partial charge is 0.332 e. The van der Waals surface area contributed by atoms with Gasteiger partial charge in [-0.2, -0.15) is 0 Å². The van der Waals surface area contributed by atoms with Gasteiger partial charge < -0.3 is 14.6 Å². The molecule has 1 aromatic carbocycles. The van der Waals surface area contributed by atoms with E-state index in [4.69, 9.17) is 16.6 Å². The number of aryl methyl sites for hydroxylation is 1. The summed E-state index contributed by atoms with van der Waals surface area (Å²) in [6.07, 6.45) is 4.41. The van der Waals surface area contributed by atoms with Crippen LogP contribution in [0.4, 0.5) is 0 Å². The van der Waals surface area contributed by atoms with E-state index in [1.807, 2.05) is 46.3 Å². The standard InChI is InChI=1S/C25H28ClN3O3S/c1-4-5-12-22-27-23(24(30)28(2)3)21(29(22)16-17-9-6-7-11-20(17)26)15-18(25(31)32)14-19-10-8-13-33-19/h6-11,13,15H,4-5,12,14,16H2,1-3H3,(H,31,32). The van der Waals surface area contributed by atoms with E-state index in [0.29, 0.717) is 23.7 Å². The molecule has 2 heterocycles. The zero-order valence-corrected chi connectivity index (χ0v) is 20.6. The maximum absolute atomic E-state index is 13.0. The number of imidazole rings is 1. The number of hydrogen-bond acceptors (Lipinski definition) is 4. The van der Waals surface area contributed by atoms with Crippen LogP contribution in [0.15, 0.2) is 47.4 Å². The van der Waals surface area contributed by atoms with E-state index in [-0.39, 0.29) is 23.6 Å². The highest BCUT2D eigenvalue weighted by molar-refractivity contribution is 7.09. The molecule has 0 aliphatic heterocycles. The van der Waals surface area contributed by atoms with Gasteiger partial charge in [-0.05, 0) is 35.6 Å². The Balaban J connectivity index is 2.20. The number of unbranched alkanes of at least 4 members (excludes halogenated alkanes) is 1. The summed E-state index contributed by atoms with van der Waals surface area (Å²) in [7, 11) is 3.33. The molecule has 0 unspecified atom stereocenters. The van der Waals surface area contributed by atoms with Crippen LogP contribution in [0.25, 0.3) is 6.08 Å². The molecule has 3 rings (SSSR count). The van der Waals surface area contributed by atoms with Gasteiger partial charge in [0.25, 0.3) is 5.91 Å². The molecule has 3 aromatic rings. The van der Waals surface area contributed by atoms with Crippen molar-refractivity contribution in [1.82, 2.24) is 14.5 Å². The van der Waals surface area contributed by atoms with Crippen LogP contribution in [-0.4, -0.2) is 45.5 Å². The summed E-state index contributed by atoms with van der Waals surface area (Å²) in [5.41, 5.74) is 1.83. The van der Waals surface area contributed by atoms with Gasteiger partial charge in [-0.25, -0.2) is 9.78 Å². The molecule has 0 saturated carbocycles. The maximum Gasteiger partial charge on any atom is 0.332 e. The average molecular weight is 486 g/mol. The lowest BCUT2D eigenvalue weighted by Crippen LogP contribution is -2.23. The Morgan fingerprint density at radius 1 is 1.21 bits per heavy atom. The quantitative estimate of drug-likeness (QED) is 0.390. The second-order valence-electron chi connectivity index (χ2n) is 7.97. The van der Waals surface area contributed by atoms with E-state index < -0.39 is 5.97 Å². The van der Waals surface area contributed by atoms with Crippen LogP contribution >= 0.6 is 22.9 Å². The van der Waals surface area contributed by atoms with Gasteiger partial charge in [0.2, 0.25) is 0 Å². The SMILES string of the molecule is CCCCc1nc(C(=O)N(C)C)c(C=C(Cc2cccs2)C(=O)O)n1Cc1ccccc1Cl. The number of nitrogens with zero attached hydrogens (tertiary/aromatic N) is 3. The Kier molecular flexibility index (Phi) is 8.47. The number of halogens is 1. The number of rotatable bonds is 10. The Morgan fingerprint density at radius 2 is 1.97 bits per heavy atom. The number of carbonyl (C=O) groups excluding carboxylic acids is 1. The fraction of sp³-hybridized carbons (Fsp3) is 0.320. The molecule has 2 aromatic heterocycles. The number of aliphatic carboxylic acids is 1. The molecule has 0 atom stereocenters. The van der Waals surface area contributed by atoms with Gasteiger partial charge in [0, 0.05) is 42.4 Å². The van der Waals surface area contributed by atoms with Crippen molar-refractivity contribution in [2.75, 3.05) is 14.1 Å². The second kappa shape index (κ2) is 11.3. The highest BCUT2D eigenvalue weighted by atomic mass is 35.5. The van der Waals surface area contributed by atoms with Crippen LogP contribution in [0, 0.1) is 0 Å². The summed E-state index contributed by atoms with van der Waals surface area (Å²) in [5, 5.41) is 12.5. The molecule has 0 bridgehead atoms. The van der Waals surface area contributed by atoms with Crippen LogP contribution in [0.3, 0.4) is 0 Å². The van der Waals surface area contributed by atoms with Gasteiger partial charge in [-0.1, -0.05) is 49.2 Å². The van der Waals surface area contributed by atoms with E-state index in [0.717, 1.165) is 29.1 Å². The van der Waals surface area contributed by atoms with Gasteiger partial charge in [0.15, 0.2) is 5.69 Å². The zero-order valence-electron chi connectivity index (χ0n) is 19.0. The predicted octanol–water partition coefficient (Wildman–Crippen LogP) is 5.40. The summed E-state index contributed by atoms with van der Waals surface area (Å²) in [5.74, 6) is -0.542. The zero-order chi connectivity index (χ0) is 24.0. The van der Waals surface area contributed by atoms with Crippen molar-refractivity contribution < 1.29 is 14.7 Å². The third-order valence-electron chi connectivity index (χ3n) is 5.27. The third-order valence-corrected chi connectivity index (χ3v) is 6.51. The van der Waals surface area contributed by atoms with Crippen LogP contribution in [0.5, 0.6) is 0 Å². The van der Waals surface area contributed by atoms with Crippen molar-refractivity contribution >= 4 is 40.9 Å². The van der Waals surface area contributed by atoms with Crippen molar-refractivity contribution in [2.24, 2.45) is 0 Å². The minimum absolute atomic E-state index is 0.201. The second-order valence-corrected chi connectivity index (χ2v) is 9.41. The largest absolute Gasteiger partial charge is 0.478 e. The Bertz CT molecular complexity index is 1150. The van der Waals surface area contributed by atoms with Gasteiger partial charge in [-0.3, -0.25) is 4.79 Å². The van der Waals surface area contributed by atoms with E-state index >= 15 is 0 Å². The number of aromatic nitrogens is 2. The molecule has 0 fully saturated rings. The molecular formula is C25H28ClN3O3S. The van der Waals surface area contributed by atoms with Crippen molar-refractivity contribution in [1.29, 1.82) is 0 Å². The van der Waals surface area contributed by atoms with Crippen LogP contribution in [-0.2, 0) is 24.2 Å². The molecule has 0 aliphatic rings. The lowest BCUT2D eigenvalue weighted by molar-refractivity contribution is -0.132. The number of carboxylic acids is 1. The van der Waals surface area contributed by atoms with E-state index in [1.165, 1.54) is 16.2 Å². The minimum Gasteiger partial charge on any atom is -0.478 e. The third kappa shape index (κ3) is 6.12. The topological polar surface area (TPSA) is 75.4 Å². The molecule has 1 N–H and O–H groups in total. The van der Waals surface area contributed by atoms with Crippen molar-refractivity contribution in [3.8, 4) is 0 Å². The molecule has 33 heavy (non-hydrogen) atoms. The van der Waals surface area contributed by atoms with Crippen molar-refractivity contribution in [3.63, 3.8) is 0 Å². The highest BCUT2D eigenvalue weighted by Crippen LogP contribution is 2.25. The monoisotopic (exact) mass is 485 g/mol. The summed E-state index contributed by atoms with van der Waals surface area (Å²) in [4.78, 5) is 32.3. The normalized spacial score (nSPS) is 11.6. The number of hydrogen-bond donors (Lipinski definition) is 1. The molecule has 1 amide bonds. The first-order chi connectivity index (χ1) is 15.8. The number of carboxylic acid groups (broad SMARTS) is 1. The van der Waals surface area contributed by atoms with Crippen LogP contribution in [0.1, 0.15) is 52.2 Å². The van der Waals surface area contributed by atoms with Gasteiger partial charge in [-0.15, -0.1) is 11.3 Å². The Labute approximate surface area is 203 Å². The fourth-order valence-electron chi connectivity index (χ4n) is 3.48. The van der Waals surface area contributed by atoms with Gasteiger partial charge in [0.05, 0.1) is 12.2 Å². The highest BCUT2D eigenvalue weighted by Gasteiger charge is 2.24.